The second-order valence-electron chi connectivity index (χ2n) is 6.09. The Hall–Kier alpha value is -2.44. The van der Waals surface area contributed by atoms with Crippen LogP contribution in [0.4, 0.5) is 5.69 Å². The number of carbonyl (C=O) groups is 1. The Morgan fingerprint density at radius 2 is 1.69 bits per heavy atom. The summed E-state index contributed by atoms with van der Waals surface area (Å²) < 4.78 is 22.4. The Kier molecular flexibility index (Phi) is 7.12. The summed E-state index contributed by atoms with van der Waals surface area (Å²) in [4.78, 5) is 12.0. The average Bonchev–Trinajstić information content (AvgIpc) is 2.61. The highest BCUT2D eigenvalue weighted by atomic mass is 32.2. The van der Waals surface area contributed by atoms with E-state index in [4.69, 9.17) is 5.14 Å². The van der Waals surface area contributed by atoms with Crippen molar-refractivity contribution in [1.29, 1.82) is 0 Å². The Morgan fingerprint density at radius 1 is 1.04 bits per heavy atom. The second-order valence-corrected chi connectivity index (χ2v) is 7.65. The van der Waals surface area contributed by atoms with Gasteiger partial charge in [-0.1, -0.05) is 44.0 Å². The summed E-state index contributed by atoms with van der Waals surface area (Å²) >= 11 is 0. The fourth-order valence-corrected chi connectivity index (χ4v) is 2.97. The molecule has 0 aliphatic carbocycles. The lowest BCUT2D eigenvalue weighted by Gasteiger charge is -2.05. The number of sulfonamides is 1. The highest BCUT2D eigenvalue weighted by molar-refractivity contribution is 7.89. The third kappa shape index (κ3) is 6.46. The van der Waals surface area contributed by atoms with E-state index in [1.54, 1.807) is 18.2 Å². The molecule has 1 amide bonds. The van der Waals surface area contributed by atoms with Crippen LogP contribution in [-0.2, 0) is 21.2 Å². The standard InChI is InChI=1S/C20H24N2O3S/c1-2-3-4-5-16-6-11-18(12-7-16)22-20(23)15-10-17-8-13-19(14-9-17)26(21,24)25/h6-15H,2-5H2,1H3,(H,22,23)(H2,21,24,25). The van der Waals surface area contributed by atoms with Gasteiger partial charge in [0.2, 0.25) is 15.9 Å². The summed E-state index contributed by atoms with van der Waals surface area (Å²) in [6.07, 6.45) is 7.67. The normalized spacial score (nSPS) is 11.6. The number of benzene rings is 2. The van der Waals surface area contributed by atoms with E-state index in [1.165, 1.54) is 43.0 Å². The molecule has 0 saturated heterocycles. The largest absolute Gasteiger partial charge is 0.323 e. The van der Waals surface area contributed by atoms with E-state index in [9.17, 15) is 13.2 Å². The molecule has 2 aromatic rings. The van der Waals surface area contributed by atoms with Gasteiger partial charge in [-0.25, -0.2) is 13.6 Å². The number of unbranched alkanes of at least 4 members (excludes halogenated alkanes) is 2. The predicted molar refractivity (Wildman–Crippen MR) is 105 cm³/mol. The lowest BCUT2D eigenvalue weighted by atomic mass is 10.1. The molecule has 5 nitrogen and oxygen atoms in total. The van der Waals surface area contributed by atoms with Crippen molar-refractivity contribution in [2.45, 2.75) is 37.5 Å². The zero-order valence-corrected chi connectivity index (χ0v) is 15.6. The van der Waals surface area contributed by atoms with Gasteiger partial charge >= 0.3 is 0 Å². The van der Waals surface area contributed by atoms with Crippen LogP contribution in [0.15, 0.2) is 59.5 Å². The summed E-state index contributed by atoms with van der Waals surface area (Å²) in [5, 5.41) is 7.85. The van der Waals surface area contributed by atoms with Gasteiger partial charge in [0.05, 0.1) is 4.90 Å². The third-order valence-corrected chi connectivity index (χ3v) is 4.86. The summed E-state index contributed by atoms with van der Waals surface area (Å²) in [6.45, 7) is 2.18. The first-order valence-electron chi connectivity index (χ1n) is 8.59. The van der Waals surface area contributed by atoms with Gasteiger partial charge in [-0.15, -0.1) is 0 Å². The quantitative estimate of drug-likeness (QED) is 0.547. The molecule has 6 heteroatoms. The average molecular weight is 372 g/mol. The molecular weight excluding hydrogens is 348 g/mol. The first-order valence-corrected chi connectivity index (χ1v) is 10.1. The molecule has 0 aliphatic rings. The minimum atomic E-state index is -3.71. The van der Waals surface area contributed by atoms with E-state index in [2.05, 4.69) is 12.2 Å². The molecule has 26 heavy (non-hydrogen) atoms. The molecule has 0 heterocycles. The number of carbonyl (C=O) groups excluding carboxylic acids is 1. The molecular formula is C20H24N2O3S. The highest BCUT2D eigenvalue weighted by Crippen LogP contribution is 2.13. The summed E-state index contributed by atoms with van der Waals surface area (Å²) in [5.41, 5.74) is 2.71. The number of hydrogen-bond donors (Lipinski definition) is 2. The SMILES string of the molecule is CCCCCc1ccc(NC(=O)C=Cc2ccc(S(N)(=O)=O)cc2)cc1. The van der Waals surface area contributed by atoms with E-state index in [-0.39, 0.29) is 10.8 Å². The van der Waals surface area contributed by atoms with Crippen LogP contribution >= 0.6 is 0 Å². The molecule has 0 saturated carbocycles. The summed E-state index contributed by atoms with van der Waals surface area (Å²) in [6, 6.07) is 13.8. The Bertz CT molecular complexity index is 855. The molecule has 0 aliphatic heterocycles. The number of nitrogens with one attached hydrogen (secondary N) is 1. The lowest BCUT2D eigenvalue weighted by Crippen LogP contribution is -2.11. The lowest BCUT2D eigenvalue weighted by molar-refractivity contribution is -0.111. The third-order valence-electron chi connectivity index (χ3n) is 3.93. The molecule has 0 fully saturated rings. The molecule has 0 radical (unpaired) electrons. The molecule has 2 rings (SSSR count). The highest BCUT2D eigenvalue weighted by Gasteiger charge is 2.06. The molecule has 0 unspecified atom stereocenters. The maximum atomic E-state index is 12.0. The van der Waals surface area contributed by atoms with Crippen molar-refractivity contribution in [2.75, 3.05) is 5.32 Å². The van der Waals surface area contributed by atoms with Gasteiger partial charge in [0.15, 0.2) is 0 Å². The number of rotatable bonds is 8. The van der Waals surface area contributed by atoms with Crippen LogP contribution < -0.4 is 10.5 Å². The van der Waals surface area contributed by atoms with Crippen molar-refractivity contribution in [2.24, 2.45) is 5.14 Å². The maximum absolute atomic E-state index is 12.0. The van der Waals surface area contributed by atoms with E-state index in [1.807, 2.05) is 24.3 Å². The van der Waals surface area contributed by atoms with Crippen LogP contribution in [0.5, 0.6) is 0 Å². The van der Waals surface area contributed by atoms with E-state index in [0.29, 0.717) is 5.56 Å². The van der Waals surface area contributed by atoms with Gasteiger partial charge in [-0.3, -0.25) is 4.79 Å². The Labute approximate surface area is 155 Å². The van der Waals surface area contributed by atoms with Crippen molar-refractivity contribution >= 4 is 27.7 Å². The van der Waals surface area contributed by atoms with Crippen molar-refractivity contribution in [1.82, 2.24) is 0 Å². The van der Waals surface area contributed by atoms with Crippen LogP contribution in [0.2, 0.25) is 0 Å². The van der Waals surface area contributed by atoms with E-state index < -0.39 is 10.0 Å². The number of hydrogen-bond acceptors (Lipinski definition) is 3. The molecule has 3 N–H and O–H groups in total. The minimum Gasteiger partial charge on any atom is -0.323 e. The van der Waals surface area contributed by atoms with Crippen LogP contribution in [0.3, 0.4) is 0 Å². The fourth-order valence-electron chi connectivity index (χ4n) is 2.46. The first kappa shape index (κ1) is 19.9. The monoisotopic (exact) mass is 372 g/mol. The molecule has 0 bridgehead atoms. The predicted octanol–water partition coefficient (Wildman–Crippen LogP) is 3.72. The van der Waals surface area contributed by atoms with E-state index in [0.717, 1.165) is 12.1 Å². The molecule has 0 aromatic heterocycles. The maximum Gasteiger partial charge on any atom is 0.248 e. The molecule has 2 aromatic carbocycles. The number of anilines is 1. The van der Waals surface area contributed by atoms with Crippen LogP contribution in [0, 0.1) is 0 Å². The van der Waals surface area contributed by atoms with Gasteiger partial charge in [0.1, 0.15) is 0 Å². The van der Waals surface area contributed by atoms with Gasteiger partial charge in [-0.05, 0) is 54.3 Å². The van der Waals surface area contributed by atoms with Crippen molar-refractivity contribution < 1.29 is 13.2 Å². The number of nitrogens with two attached hydrogens (primary N) is 1. The Morgan fingerprint density at radius 3 is 2.27 bits per heavy atom. The van der Waals surface area contributed by atoms with Crippen molar-refractivity contribution in [3.8, 4) is 0 Å². The molecule has 0 spiro atoms. The first-order chi connectivity index (χ1) is 12.4. The summed E-state index contributed by atoms with van der Waals surface area (Å²) in [5.74, 6) is -0.251. The number of amides is 1. The second kappa shape index (κ2) is 9.31. The van der Waals surface area contributed by atoms with Gasteiger partial charge in [-0.2, -0.15) is 0 Å². The number of primary sulfonamides is 1. The molecule has 0 atom stereocenters. The van der Waals surface area contributed by atoms with Crippen molar-refractivity contribution in [3.05, 3.63) is 65.7 Å². The zero-order valence-electron chi connectivity index (χ0n) is 14.8. The fraction of sp³-hybridized carbons (Fsp3) is 0.250. The topological polar surface area (TPSA) is 89.3 Å². The van der Waals surface area contributed by atoms with Gasteiger partial charge in [0.25, 0.3) is 0 Å². The van der Waals surface area contributed by atoms with Crippen molar-refractivity contribution in [3.63, 3.8) is 0 Å². The Balaban J connectivity index is 1.90. The molecule has 138 valence electrons. The van der Waals surface area contributed by atoms with Crippen LogP contribution in [0.25, 0.3) is 6.08 Å². The zero-order chi connectivity index (χ0) is 19.0. The van der Waals surface area contributed by atoms with Gasteiger partial charge in [0, 0.05) is 11.8 Å². The number of aryl methyl sites for hydroxylation is 1. The van der Waals surface area contributed by atoms with Gasteiger partial charge < -0.3 is 5.32 Å². The summed E-state index contributed by atoms with van der Waals surface area (Å²) in [7, 11) is -3.71. The van der Waals surface area contributed by atoms with Crippen LogP contribution in [-0.4, -0.2) is 14.3 Å². The van der Waals surface area contributed by atoms with E-state index >= 15 is 0 Å². The minimum absolute atomic E-state index is 0.0399. The van der Waals surface area contributed by atoms with Crippen LogP contribution in [0.1, 0.15) is 37.3 Å². The smallest absolute Gasteiger partial charge is 0.248 e.